The molecular weight excluding hydrogens is 288 g/mol. The average molecular weight is 302 g/mol. The molecule has 0 saturated heterocycles. The lowest BCUT2D eigenvalue weighted by molar-refractivity contribution is 0.100. The van der Waals surface area contributed by atoms with Gasteiger partial charge in [-0.15, -0.1) is 0 Å². The van der Waals surface area contributed by atoms with Crippen LogP contribution in [0.3, 0.4) is 0 Å². The number of carbonyl (C=O) groups is 2. The fraction of sp³-hybridized carbons (Fsp3) is 0. The van der Waals surface area contributed by atoms with Crippen molar-refractivity contribution in [1.82, 2.24) is 0 Å². The van der Waals surface area contributed by atoms with Gasteiger partial charge in [-0.05, 0) is 6.07 Å². The van der Waals surface area contributed by atoms with Gasteiger partial charge in [-0.25, -0.2) is 0 Å². The van der Waals surface area contributed by atoms with Gasteiger partial charge in [0.15, 0.2) is 11.6 Å². The van der Waals surface area contributed by atoms with Crippen LogP contribution in [0.2, 0.25) is 0 Å². The molecule has 1 N–H and O–H groups in total. The van der Waals surface area contributed by atoms with Crippen LogP contribution in [0.4, 0.5) is 0 Å². The molecule has 0 unspecified atom stereocenters. The average Bonchev–Trinajstić information content (AvgIpc) is 2.62. The minimum Gasteiger partial charge on any atom is -0.507 e. The van der Waals surface area contributed by atoms with Crippen molar-refractivity contribution in [1.29, 1.82) is 0 Å². The zero-order valence-electron chi connectivity index (χ0n) is 12.3. The summed E-state index contributed by atoms with van der Waals surface area (Å²) in [5.41, 5.74) is 1.13. The van der Waals surface area contributed by atoms with E-state index >= 15 is 0 Å². The van der Waals surface area contributed by atoms with E-state index in [9.17, 15) is 14.7 Å². The lowest BCUT2D eigenvalue weighted by Crippen LogP contribution is -2.11. The molecule has 112 valence electrons. The highest BCUT2D eigenvalue weighted by Crippen LogP contribution is 2.26. The molecule has 0 fully saturated rings. The Morgan fingerprint density at radius 2 is 1.13 bits per heavy atom. The number of benzene rings is 3. The van der Waals surface area contributed by atoms with Crippen molar-refractivity contribution in [3.8, 4) is 5.75 Å². The fourth-order valence-corrected chi connectivity index (χ4v) is 2.45. The van der Waals surface area contributed by atoms with E-state index in [1.54, 1.807) is 66.7 Å². The van der Waals surface area contributed by atoms with Gasteiger partial charge in [0.2, 0.25) is 0 Å². The van der Waals surface area contributed by atoms with E-state index in [-0.39, 0.29) is 28.4 Å². The van der Waals surface area contributed by atoms with Gasteiger partial charge < -0.3 is 5.11 Å². The summed E-state index contributed by atoms with van der Waals surface area (Å²) in [5.74, 6) is -0.857. The van der Waals surface area contributed by atoms with Gasteiger partial charge in [0.05, 0.1) is 5.56 Å². The van der Waals surface area contributed by atoms with Crippen LogP contribution in [0.5, 0.6) is 5.75 Å². The molecule has 23 heavy (non-hydrogen) atoms. The molecule has 0 amide bonds. The lowest BCUT2D eigenvalue weighted by Gasteiger charge is -2.10. The molecule has 0 atom stereocenters. The van der Waals surface area contributed by atoms with Crippen molar-refractivity contribution in [3.05, 3.63) is 101 Å². The molecule has 3 aromatic rings. The van der Waals surface area contributed by atoms with E-state index in [0.29, 0.717) is 11.1 Å². The van der Waals surface area contributed by atoms with Crippen molar-refractivity contribution in [2.24, 2.45) is 0 Å². The Bertz CT molecular complexity index is 853. The van der Waals surface area contributed by atoms with Crippen molar-refractivity contribution >= 4 is 11.6 Å². The normalized spacial score (nSPS) is 10.3. The van der Waals surface area contributed by atoms with E-state index in [4.69, 9.17) is 0 Å². The van der Waals surface area contributed by atoms with Gasteiger partial charge >= 0.3 is 0 Å². The Balaban J connectivity index is 2.11. The van der Waals surface area contributed by atoms with Crippen molar-refractivity contribution in [2.75, 3.05) is 0 Å². The molecule has 0 aliphatic rings. The summed E-state index contributed by atoms with van der Waals surface area (Å²) in [6, 6.07) is 21.8. The van der Waals surface area contributed by atoms with Gasteiger partial charge in [0.1, 0.15) is 5.75 Å². The number of phenols is 1. The van der Waals surface area contributed by atoms with Gasteiger partial charge in [-0.3, -0.25) is 9.59 Å². The molecule has 3 rings (SSSR count). The van der Waals surface area contributed by atoms with E-state index in [2.05, 4.69) is 0 Å². The highest BCUT2D eigenvalue weighted by atomic mass is 16.3. The van der Waals surface area contributed by atoms with E-state index in [1.165, 1.54) is 6.07 Å². The zero-order valence-corrected chi connectivity index (χ0v) is 12.3. The second-order valence-corrected chi connectivity index (χ2v) is 5.09. The largest absolute Gasteiger partial charge is 0.507 e. The van der Waals surface area contributed by atoms with Crippen LogP contribution in [0.25, 0.3) is 0 Å². The molecule has 3 nitrogen and oxygen atoms in total. The van der Waals surface area contributed by atoms with Crippen molar-refractivity contribution < 1.29 is 14.7 Å². The molecule has 3 aromatic carbocycles. The maximum atomic E-state index is 12.7. The predicted molar refractivity (Wildman–Crippen MR) is 87.9 cm³/mol. The summed E-state index contributed by atoms with van der Waals surface area (Å²) >= 11 is 0. The van der Waals surface area contributed by atoms with Gasteiger partial charge in [-0.2, -0.15) is 0 Å². The smallest absolute Gasteiger partial charge is 0.197 e. The standard InChI is InChI=1S/C20H14O3/c21-17-13-7-12-16(19(22)14-8-3-1-4-9-14)18(17)20(23)15-10-5-2-6-11-15/h1-13,21H. The predicted octanol–water partition coefficient (Wildman–Crippen LogP) is 3.85. The molecule has 0 heterocycles. The van der Waals surface area contributed by atoms with E-state index < -0.39 is 0 Å². The van der Waals surface area contributed by atoms with Crippen LogP contribution >= 0.6 is 0 Å². The first-order valence-electron chi connectivity index (χ1n) is 7.20. The fourth-order valence-electron chi connectivity index (χ4n) is 2.45. The van der Waals surface area contributed by atoms with Crippen LogP contribution in [-0.4, -0.2) is 16.7 Å². The van der Waals surface area contributed by atoms with Crippen molar-refractivity contribution in [2.45, 2.75) is 0 Å². The monoisotopic (exact) mass is 302 g/mol. The number of aromatic hydroxyl groups is 1. The summed E-state index contributed by atoms with van der Waals surface area (Å²) < 4.78 is 0. The highest BCUT2D eigenvalue weighted by molar-refractivity contribution is 6.20. The third-order valence-corrected chi connectivity index (χ3v) is 3.59. The Hall–Kier alpha value is -3.20. The van der Waals surface area contributed by atoms with Crippen LogP contribution in [0, 0.1) is 0 Å². The SMILES string of the molecule is O=C(c1ccccc1)c1cccc(O)c1C(=O)c1ccccc1. The summed E-state index contributed by atoms with van der Waals surface area (Å²) in [6.45, 7) is 0. The highest BCUT2D eigenvalue weighted by Gasteiger charge is 2.22. The summed E-state index contributed by atoms with van der Waals surface area (Å²) in [4.78, 5) is 25.4. The van der Waals surface area contributed by atoms with Gasteiger partial charge in [0, 0.05) is 16.7 Å². The molecule has 0 saturated carbocycles. The number of phenolic OH excluding ortho intramolecular Hbond substituents is 1. The Morgan fingerprint density at radius 3 is 1.70 bits per heavy atom. The summed E-state index contributed by atoms with van der Waals surface area (Å²) in [7, 11) is 0. The van der Waals surface area contributed by atoms with Gasteiger partial charge in [0.25, 0.3) is 0 Å². The molecule has 0 radical (unpaired) electrons. The maximum absolute atomic E-state index is 12.7. The second-order valence-electron chi connectivity index (χ2n) is 5.09. The molecule has 0 aromatic heterocycles. The number of hydrogen-bond acceptors (Lipinski definition) is 3. The van der Waals surface area contributed by atoms with Gasteiger partial charge in [-0.1, -0.05) is 72.8 Å². The number of rotatable bonds is 4. The third-order valence-electron chi connectivity index (χ3n) is 3.59. The lowest BCUT2D eigenvalue weighted by atomic mass is 9.92. The first-order valence-corrected chi connectivity index (χ1v) is 7.20. The quantitative estimate of drug-likeness (QED) is 0.745. The van der Waals surface area contributed by atoms with Crippen LogP contribution in [0.15, 0.2) is 78.9 Å². The molecule has 0 spiro atoms. The van der Waals surface area contributed by atoms with Crippen LogP contribution < -0.4 is 0 Å². The minimum absolute atomic E-state index is 0.0348. The molecular formula is C20H14O3. The number of carbonyl (C=O) groups excluding carboxylic acids is 2. The van der Waals surface area contributed by atoms with Crippen molar-refractivity contribution in [3.63, 3.8) is 0 Å². The summed E-state index contributed by atoms with van der Waals surface area (Å²) in [6.07, 6.45) is 0. The molecule has 0 bridgehead atoms. The number of hydrogen-bond donors (Lipinski definition) is 1. The van der Waals surface area contributed by atoms with Crippen LogP contribution in [-0.2, 0) is 0 Å². The Kier molecular flexibility index (Phi) is 4.02. The maximum Gasteiger partial charge on any atom is 0.197 e. The third kappa shape index (κ3) is 2.90. The second kappa shape index (κ2) is 6.28. The summed E-state index contributed by atoms with van der Waals surface area (Å²) in [5, 5.41) is 10.1. The van der Waals surface area contributed by atoms with Crippen LogP contribution in [0.1, 0.15) is 31.8 Å². The first kappa shape index (κ1) is 14.7. The Morgan fingerprint density at radius 1 is 0.609 bits per heavy atom. The Labute approximate surface area is 133 Å². The molecule has 0 aliphatic heterocycles. The zero-order chi connectivity index (χ0) is 16.2. The molecule has 3 heteroatoms. The topological polar surface area (TPSA) is 54.4 Å². The first-order chi connectivity index (χ1) is 11.2. The van der Waals surface area contributed by atoms with E-state index in [1.807, 2.05) is 6.07 Å². The minimum atomic E-state index is -0.372. The van der Waals surface area contributed by atoms with E-state index in [0.717, 1.165) is 0 Å². The number of ketones is 2. The molecule has 0 aliphatic carbocycles.